The van der Waals surface area contributed by atoms with E-state index in [1.54, 1.807) is 24.9 Å². The van der Waals surface area contributed by atoms with Crippen molar-refractivity contribution in [3.8, 4) is 5.75 Å². The van der Waals surface area contributed by atoms with Crippen molar-refractivity contribution in [1.82, 2.24) is 14.5 Å². The number of rotatable bonds is 7. The number of amides is 2. The molecule has 8 nitrogen and oxygen atoms in total. The minimum Gasteiger partial charge on any atom is -0.487 e. The van der Waals surface area contributed by atoms with Crippen molar-refractivity contribution in [2.45, 2.75) is 69.9 Å². The summed E-state index contributed by atoms with van der Waals surface area (Å²) in [7, 11) is -2.16. The van der Waals surface area contributed by atoms with Gasteiger partial charge in [-0.1, -0.05) is 26.0 Å². The molecule has 34 heavy (non-hydrogen) atoms. The number of hydrogen-bond acceptors (Lipinski definition) is 5. The van der Waals surface area contributed by atoms with Crippen LogP contribution in [0, 0.1) is 5.92 Å². The SMILES string of the molecule is CCCNC(=O)N(C)C[C@H]1Oc2cc(C3=CCCCC3)ccc2S(=O)(=O)N([C@@H](C)CO)C[C@H]1C. The quantitative estimate of drug-likeness (QED) is 0.606. The van der Waals surface area contributed by atoms with E-state index in [1.165, 1.54) is 16.3 Å². The second-order valence-corrected chi connectivity index (χ2v) is 11.3. The van der Waals surface area contributed by atoms with Gasteiger partial charge in [0.1, 0.15) is 16.7 Å². The van der Waals surface area contributed by atoms with E-state index in [9.17, 15) is 18.3 Å². The van der Waals surface area contributed by atoms with E-state index in [1.807, 2.05) is 26.0 Å². The molecule has 2 amide bonds. The van der Waals surface area contributed by atoms with Crippen molar-refractivity contribution in [3.05, 3.63) is 29.8 Å². The average molecular weight is 494 g/mol. The highest BCUT2D eigenvalue weighted by atomic mass is 32.2. The molecule has 9 heteroatoms. The highest BCUT2D eigenvalue weighted by Gasteiger charge is 2.38. The number of urea groups is 1. The standard InChI is InChI=1S/C25H39N3O5S/c1-5-13-26-25(30)27(4)16-23-18(2)15-28(19(3)17-29)34(31,32)24-12-11-21(14-22(24)33-23)20-9-7-6-8-10-20/h9,11-12,14,18-19,23,29H,5-8,10,13,15-17H2,1-4H3,(H,26,30)/t18-,19+,23-/m1/s1. The van der Waals surface area contributed by atoms with E-state index in [-0.39, 0.29) is 30.0 Å². The number of allylic oxidation sites excluding steroid dienone is 2. The van der Waals surface area contributed by atoms with E-state index in [4.69, 9.17) is 4.74 Å². The molecule has 1 aliphatic carbocycles. The van der Waals surface area contributed by atoms with Gasteiger partial charge in [-0.3, -0.25) is 0 Å². The summed E-state index contributed by atoms with van der Waals surface area (Å²) in [5, 5.41) is 12.7. The van der Waals surface area contributed by atoms with Crippen LogP contribution in [0.2, 0.25) is 0 Å². The summed E-state index contributed by atoms with van der Waals surface area (Å²) in [5.74, 6) is 0.0916. The second-order valence-electron chi connectivity index (χ2n) is 9.49. The van der Waals surface area contributed by atoms with Crippen LogP contribution in [0.3, 0.4) is 0 Å². The molecule has 0 saturated heterocycles. The molecule has 0 unspecified atom stereocenters. The summed E-state index contributed by atoms with van der Waals surface area (Å²) in [6, 6.07) is 4.54. The van der Waals surface area contributed by atoms with Crippen molar-refractivity contribution in [2.24, 2.45) is 5.92 Å². The number of ether oxygens (including phenoxy) is 1. The van der Waals surface area contributed by atoms with Gasteiger partial charge in [-0.05, 0) is 62.3 Å². The normalized spacial score (nSPS) is 23.5. The van der Waals surface area contributed by atoms with Crippen LogP contribution in [0.25, 0.3) is 5.57 Å². The maximum absolute atomic E-state index is 13.6. The van der Waals surface area contributed by atoms with E-state index >= 15 is 0 Å². The Labute approximate surface area is 204 Å². The molecule has 0 fully saturated rings. The Hall–Kier alpha value is -2.10. The molecule has 0 radical (unpaired) electrons. The third-order valence-electron chi connectivity index (χ3n) is 6.66. The van der Waals surface area contributed by atoms with Crippen molar-refractivity contribution >= 4 is 21.6 Å². The molecular formula is C25H39N3O5S. The molecule has 1 aliphatic heterocycles. The van der Waals surface area contributed by atoms with E-state index in [0.29, 0.717) is 18.8 Å². The average Bonchev–Trinajstić information content (AvgIpc) is 2.84. The molecule has 2 aliphatic rings. The fourth-order valence-corrected chi connectivity index (χ4v) is 6.29. The van der Waals surface area contributed by atoms with Crippen molar-refractivity contribution in [2.75, 3.05) is 33.3 Å². The zero-order valence-electron chi connectivity index (χ0n) is 20.8. The predicted molar refractivity (Wildman–Crippen MR) is 133 cm³/mol. The van der Waals surface area contributed by atoms with Gasteiger partial charge in [0.2, 0.25) is 10.0 Å². The first-order chi connectivity index (χ1) is 16.2. The lowest BCUT2D eigenvalue weighted by Crippen LogP contribution is -2.51. The van der Waals surface area contributed by atoms with Crippen LogP contribution in [0.5, 0.6) is 5.75 Å². The number of carbonyl (C=O) groups is 1. The van der Waals surface area contributed by atoms with Crippen LogP contribution in [-0.4, -0.2) is 74.2 Å². The Morgan fingerprint density at radius 2 is 2.12 bits per heavy atom. The fourth-order valence-electron chi connectivity index (χ4n) is 4.46. The Morgan fingerprint density at radius 3 is 2.76 bits per heavy atom. The fraction of sp³-hybridized carbons (Fsp3) is 0.640. The van der Waals surface area contributed by atoms with Gasteiger partial charge >= 0.3 is 6.03 Å². The van der Waals surface area contributed by atoms with E-state index < -0.39 is 22.2 Å². The predicted octanol–water partition coefficient (Wildman–Crippen LogP) is 3.46. The minimum atomic E-state index is -3.88. The molecule has 1 aromatic carbocycles. The van der Waals surface area contributed by atoms with Crippen LogP contribution in [-0.2, 0) is 10.0 Å². The Bertz CT molecular complexity index is 994. The van der Waals surface area contributed by atoms with Gasteiger partial charge in [0, 0.05) is 32.1 Å². The first-order valence-electron chi connectivity index (χ1n) is 12.3. The zero-order chi connectivity index (χ0) is 24.9. The molecule has 2 N–H and O–H groups in total. The lowest BCUT2D eigenvalue weighted by atomic mass is 9.93. The number of aliphatic hydroxyl groups is 1. The molecule has 0 aromatic heterocycles. The summed E-state index contributed by atoms with van der Waals surface area (Å²) in [4.78, 5) is 14.2. The monoisotopic (exact) mass is 493 g/mol. The van der Waals surface area contributed by atoms with Crippen LogP contribution >= 0.6 is 0 Å². The van der Waals surface area contributed by atoms with E-state index in [0.717, 1.165) is 31.2 Å². The summed E-state index contributed by atoms with van der Waals surface area (Å²) >= 11 is 0. The van der Waals surface area contributed by atoms with Crippen molar-refractivity contribution in [3.63, 3.8) is 0 Å². The molecule has 1 aromatic rings. The number of nitrogens with one attached hydrogen (secondary N) is 1. The lowest BCUT2D eigenvalue weighted by molar-refractivity contribution is 0.0812. The van der Waals surface area contributed by atoms with Gasteiger partial charge in [0.15, 0.2) is 0 Å². The molecule has 0 saturated carbocycles. The summed E-state index contributed by atoms with van der Waals surface area (Å²) in [6.07, 6.45) is 6.89. The van der Waals surface area contributed by atoms with Gasteiger partial charge < -0.3 is 20.1 Å². The number of benzene rings is 1. The molecular weight excluding hydrogens is 454 g/mol. The second kappa shape index (κ2) is 11.6. The van der Waals surface area contributed by atoms with Gasteiger partial charge in [0.25, 0.3) is 0 Å². The number of aliphatic hydroxyl groups excluding tert-OH is 1. The van der Waals surface area contributed by atoms with Gasteiger partial charge in [-0.15, -0.1) is 0 Å². The maximum atomic E-state index is 13.6. The molecule has 0 spiro atoms. The van der Waals surface area contributed by atoms with Crippen molar-refractivity contribution < 1.29 is 23.1 Å². The van der Waals surface area contributed by atoms with Crippen LogP contribution < -0.4 is 10.1 Å². The number of hydrogen-bond donors (Lipinski definition) is 2. The largest absolute Gasteiger partial charge is 0.487 e. The summed E-state index contributed by atoms with van der Waals surface area (Å²) in [6.45, 7) is 6.42. The molecule has 190 valence electrons. The third kappa shape index (κ3) is 5.93. The Morgan fingerprint density at radius 1 is 1.35 bits per heavy atom. The smallest absolute Gasteiger partial charge is 0.317 e. The summed E-state index contributed by atoms with van der Waals surface area (Å²) in [5.41, 5.74) is 2.18. The highest BCUT2D eigenvalue weighted by molar-refractivity contribution is 7.89. The minimum absolute atomic E-state index is 0.1000. The number of sulfonamides is 1. The lowest BCUT2D eigenvalue weighted by Gasteiger charge is -2.37. The van der Waals surface area contributed by atoms with Crippen LogP contribution in [0.1, 0.15) is 58.4 Å². The van der Waals surface area contributed by atoms with Crippen LogP contribution in [0.4, 0.5) is 4.79 Å². The molecule has 3 atom stereocenters. The zero-order valence-corrected chi connectivity index (χ0v) is 21.6. The first-order valence-corrected chi connectivity index (χ1v) is 13.7. The van der Waals surface area contributed by atoms with Gasteiger partial charge in [-0.2, -0.15) is 4.31 Å². The topological polar surface area (TPSA) is 99.2 Å². The molecule has 1 heterocycles. The first kappa shape index (κ1) is 26.5. The number of nitrogens with zero attached hydrogens (tertiary/aromatic N) is 2. The Balaban J connectivity index is 2.01. The number of likely N-dealkylation sites (N-methyl/N-ethyl adjacent to an activating group) is 1. The molecule has 3 rings (SSSR count). The number of fused-ring (bicyclic) bond motifs is 1. The summed E-state index contributed by atoms with van der Waals surface area (Å²) < 4.78 is 35.0. The van der Waals surface area contributed by atoms with Gasteiger partial charge in [-0.25, -0.2) is 13.2 Å². The van der Waals surface area contributed by atoms with Gasteiger partial charge in [0.05, 0.1) is 13.2 Å². The third-order valence-corrected chi connectivity index (χ3v) is 8.68. The van der Waals surface area contributed by atoms with Crippen LogP contribution in [0.15, 0.2) is 29.2 Å². The van der Waals surface area contributed by atoms with E-state index in [2.05, 4.69) is 11.4 Å². The number of carbonyl (C=O) groups excluding carboxylic acids is 1. The highest BCUT2D eigenvalue weighted by Crippen LogP contribution is 2.37. The van der Waals surface area contributed by atoms with Crippen molar-refractivity contribution in [1.29, 1.82) is 0 Å². The Kier molecular flexibility index (Phi) is 9.01. The molecule has 0 bridgehead atoms. The maximum Gasteiger partial charge on any atom is 0.317 e.